The fourth-order valence-corrected chi connectivity index (χ4v) is 0.932. The van der Waals surface area contributed by atoms with Crippen molar-refractivity contribution in [2.45, 2.75) is 25.4 Å². The molecule has 0 saturated carbocycles. The number of esters is 2. The average Bonchev–Trinajstić information content (AvgIpc) is 2.14. The van der Waals surface area contributed by atoms with Crippen LogP contribution in [0, 0.1) is 0 Å². The molecule has 0 aliphatic rings. The lowest BCUT2D eigenvalue weighted by molar-refractivity contribution is -0.338. The third-order valence-electron chi connectivity index (χ3n) is 1.62. The number of carbonyl (C=O) groups is 4. The summed E-state index contributed by atoms with van der Waals surface area (Å²) in [6.45, 7) is 1.29. The largest absolute Gasteiger partial charge is 0.476 e. The molecule has 0 spiro atoms. The topological polar surface area (TPSA) is 168 Å². The van der Waals surface area contributed by atoms with Gasteiger partial charge in [0.05, 0.1) is 0 Å². The molecule has 0 saturated heterocycles. The Bertz CT molecular complexity index is 363. The highest BCUT2D eigenvalue weighted by Crippen LogP contribution is 2.27. The number of hydrogen-bond donors (Lipinski definition) is 4. The zero-order valence-corrected chi connectivity index (χ0v) is 9.24. The maximum atomic E-state index is 10.7. The molecule has 0 aliphatic heterocycles. The van der Waals surface area contributed by atoms with Gasteiger partial charge in [0.2, 0.25) is 0 Å². The monoisotopic (exact) mass is 266 g/mol. The van der Waals surface area contributed by atoms with Crippen molar-refractivity contribution in [2.24, 2.45) is 0 Å². The van der Waals surface area contributed by atoms with Gasteiger partial charge in [-0.3, -0.25) is 9.59 Å². The Morgan fingerprint density at radius 2 is 1.00 bits per heavy atom. The summed E-state index contributed by atoms with van der Waals surface area (Å²) in [4.78, 5) is 42.8. The van der Waals surface area contributed by atoms with E-state index in [-0.39, 0.29) is 0 Å². The zero-order chi connectivity index (χ0) is 14.7. The van der Waals surface area contributed by atoms with Gasteiger partial charge in [0.1, 0.15) is 0 Å². The van der Waals surface area contributed by atoms with Gasteiger partial charge >= 0.3 is 35.5 Å². The standard InChI is InChI=1S/C8H10O10/c1-3(9)17-7(15,5(11)12)8(16,6(13)14)18-4(2)10/h15-16H,1-2H3,(H,11,12)(H,13,14)/t7-,8?/m0/s1. The second-order valence-electron chi connectivity index (χ2n) is 3.09. The molecule has 0 fully saturated rings. The van der Waals surface area contributed by atoms with Crippen LogP contribution in [0.4, 0.5) is 0 Å². The van der Waals surface area contributed by atoms with Gasteiger partial charge in [-0.15, -0.1) is 0 Å². The second kappa shape index (κ2) is 4.98. The molecule has 10 heteroatoms. The number of carboxylic acid groups (broad SMARTS) is 2. The summed E-state index contributed by atoms with van der Waals surface area (Å²) in [6.07, 6.45) is 0. The number of carboxylic acids is 2. The lowest BCUT2D eigenvalue weighted by Gasteiger charge is -2.33. The molecular formula is C8H10O10. The summed E-state index contributed by atoms with van der Waals surface area (Å²) >= 11 is 0. The Kier molecular flexibility index (Phi) is 4.37. The highest BCUT2D eigenvalue weighted by atomic mass is 16.8. The van der Waals surface area contributed by atoms with Crippen molar-refractivity contribution in [1.82, 2.24) is 0 Å². The molecular weight excluding hydrogens is 256 g/mol. The molecule has 0 rings (SSSR count). The number of aliphatic carboxylic acids is 2. The number of rotatable bonds is 5. The van der Waals surface area contributed by atoms with Crippen LogP contribution in [0.2, 0.25) is 0 Å². The van der Waals surface area contributed by atoms with Gasteiger partial charge in [-0.1, -0.05) is 0 Å². The van der Waals surface area contributed by atoms with Crippen LogP contribution >= 0.6 is 0 Å². The molecule has 0 radical (unpaired) electrons. The molecule has 18 heavy (non-hydrogen) atoms. The molecule has 4 N–H and O–H groups in total. The van der Waals surface area contributed by atoms with Crippen LogP contribution in [0.5, 0.6) is 0 Å². The predicted molar refractivity (Wildman–Crippen MR) is 48.7 cm³/mol. The number of ether oxygens (including phenoxy) is 2. The van der Waals surface area contributed by atoms with E-state index in [1.165, 1.54) is 0 Å². The zero-order valence-electron chi connectivity index (χ0n) is 9.24. The van der Waals surface area contributed by atoms with Gasteiger partial charge in [-0.05, 0) is 0 Å². The molecule has 2 atom stereocenters. The normalized spacial score (nSPS) is 16.9. The van der Waals surface area contributed by atoms with Gasteiger partial charge in [0, 0.05) is 13.8 Å². The van der Waals surface area contributed by atoms with Crippen LogP contribution in [0.15, 0.2) is 0 Å². The second-order valence-corrected chi connectivity index (χ2v) is 3.09. The first-order valence-electron chi connectivity index (χ1n) is 4.28. The first-order chi connectivity index (χ1) is 7.97. The minimum atomic E-state index is -3.99. The maximum Gasteiger partial charge on any atom is 0.389 e. The minimum Gasteiger partial charge on any atom is -0.476 e. The van der Waals surface area contributed by atoms with Gasteiger partial charge in [0.15, 0.2) is 0 Å². The van der Waals surface area contributed by atoms with E-state index in [0.717, 1.165) is 0 Å². The Hall–Kier alpha value is -2.20. The molecule has 1 unspecified atom stereocenters. The number of aliphatic hydroxyl groups is 2. The van der Waals surface area contributed by atoms with Crippen LogP contribution in [0.3, 0.4) is 0 Å². The third kappa shape index (κ3) is 2.73. The van der Waals surface area contributed by atoms with E-state index in [4.69, 9.17) is 10.2 Å². The van der Waals surface area contributed by atoms with Crippen LogP contribution in [0.1, 0.15) is 13.8 Å². The van der Waals surface area contributed by atoms with Crippen molar-refractivity contribution in [3.63, 3.8) is 0 Å². The Morgan fingerprint density at radius 3 is 1.11 bits per heavy atom. The van der Waals surface area contributed by atoms with E-state index in [9.17, 15) is 29.4 Å². The lowest BCUT2D eigenvalue weighted by Crippen LogP contribution is -2.67. The van der Waals surface area contributed by atoms with Crippen molar-refractivity contribution in [3.8, 4) is 0 Å². The summed E-state index contributed by atoms with van der Waals surface area (Å²) in [6, 6.07) is 0. The molecule has 0 bridgehead atoms. The van der Waals surface area contributed by atoms with Crippen LogP contribution < -0.4 is 0 Å². The van der Waals surface area contributed by atoms with Crippen molar-refractivity contribution in [3.05, 3.63) is 0 Å². The van der Waals surface area contributed by atoms with Gasteiger partial charge in [0.25, 0.3) is 0 Å². The molecule has 0 aromatic rings. The highest BCUT2D eigenvalue weighted by molar-refractivity contribution is 5.91. The van der Waals surface area contributed by atoms with Gasteiger partial charge in [-0.25, -0.2) is 9.59 Å². The molecule has 102 valence electrons. The van der Waals surface area contributed by atoms with E-state index in [2.05, 4.69) is 9.47 Å². The van der Waals surface area contributed by atoms with Crippen molar-refractivity contribution >= 4 is 23.9 Å². The smallest absolute Gasteiger partial charge is 0.389 e. The van der Waals surface area contributed by atoms with Crippen molar-refractivity contribution in [1.29, 1.82) is 0 Å². The highest BCUT2D eigenvalue weighted by Gasteiger charge is 2.68. The van der Waals surface area contributed by atoms with Crippen molar-refractivity contribution < 1.29 is 49.1 Å². The summed E-state index contributed by atoms with van der Waals surface area (Å²) in [5, 5.41) is 36.2. The van der Waals surface area contributed by atoms with Gasteiger partial charge < -0.3 is 29.9 Å². The van der Waals surface area contributed by atoms with Gasteiger partial charge in [-0.2, -0.15) is 0 Å². The third-order valence-corrected chi connectivity index (χ3v) is 1.62. The molecule has 0 aromatic carbocycles. The lowest BCUT2D eigenvalue weighted by atomic mass is 10.1. The van der Waals surface area contributed by atoms with Crippen LogP contribution in [-0.2, 0) is 28.7 Å². The molecule has 0 aliphatic carbocycles. The Morgan fingerprint density at radius 1 is 0.778 bits per heavy atom. The molecule has 0 aromatic heterocycles. The maximum absolute atomic E-state index is 10.7. The molecule has 10 nitrogen and oxygen atoms in total. The first kappa shape index (κ1) is 15.8. The van der Waals surface area contributed by atoms with E-state index in [1.54, 1.807) is 0 Å². The van der Waals surface area contributed by atoms with Crippen LogP contribution in [0.25, 0.3) is 0 Å². The molecule has 0 heterocycles. The van der Waals surface area contributed by atoms with E-state index in [1.807, 2.05) is 0 Å². The van der Waals surface area contributed by atoms with Crippen molar-refractivity contribution in [2.75, 3.05) is 0 Å². The van der Waals surface area contributed by atoms with E-state index < -0.39 is 35.5 Å². The number of hydrogen-bond acceptors (Lipinski definition) is 8. The fraction of sp³-hybridized carbons (Fsp3) is 0.500. The average molecular weight is 266 g/mol. The quantitative estimate of drug-likeness (QED) is 0.312. The first-order valence-corrected chi connectivity index (χ1v) is 4.28. The molecule has 0 amide bonds. The number of carbonyl (C=O) groups excluding carboxylic acids is 2. The van der Waals surface area contributed by atoms with E-state index in [0.29, 0.717) is 13.8 Å². The summed E-state index contributed by atoms with van der Waals surface area (Å²) in [7, 11) is 0. The van der Waals surface area contributed by atoms with E-state index >= 15 is 0 Å². The Balaban J connectivity index is 5.78. The summed E-state index contributed by atoms with van der Waals surface area (Å²) < 4.78 is 7.67. The Labute approximate surface area is 99.3 Å². The predicted octanol–water partition coefficient (Wildman–Crippen LogP) is -2.34. The summed E-state index contributed by atoms with van der Waals surface area (Å²) in [5.74, 6) is -15.7. The SMILES string of the molecule is CC(=O)OC(O)(C(=O)O)[C@@](O)(OC(C)=O)C(=O)O. The summed E-state index contributed by atoms with van der Waals surface area (Å²) in [5.41, 5.74) is 0. The fourth-order valence-electron chi connectivity index (χ4n) is 0.932. The van der Waals surface area contributed by atoms with Crippen LogP contribution in [-0.4, -0.2) is 55.9 Å². The minimum absolute atomic E-state index is 0.643.